The highest BCUT2D eigenvalue weighted by Gasteiger charge is 1.90. The zero-order valence-corrected chi connectivity index (χ0v) is 7.38. The zero-order valence-electron chi connectivity index (χ0n) is 6.56. The summed E-state index contributed by atoms with van der Waals surface area (Å²) in [6.45, 7) is 1.45. The standard InChI is InChI=1S/C8H9NO2S/c1-7(12(10)11)9-8-5-3-2-4-6-8/h2-6H,1H3,(H,10,11)/p-1. The van der Waals surface area contributed by atoms with E-state index in [1.165, 1.54) is 6.92 Å². The van der Waals surface area contributed by atoms with Crippen molar-refractivity contribution >= 4 is 21.8 Å². The molecule has 0 aliphatic rings. The summed E-state index contributed by atoms with van der Waals surface area (Å²) in [6, 6.07) is 8.95. The van der Waals surface area contributed by atoms with Crippen LogP contribution >= 0.6 is 0 Å². The van der Waals surface area contributed by atoms with Gasteiger partial charge in [-0.05, 0) is 30.1 Å². The lowest BCUT2D eigenvalue weighted by Crippen LogP contribution is -1.99. The maximum Gasteiger partial charge on any atom is 0.0878 e. The van der Waals surface area contributed by atoms with Gasteiger partial charge in [-0.2, -0.15) is 0 Å². The summed E-state index contributed by atoms with van der Waals surface area (Å²) < 4.78 is 20.7. The second kappa shape index (κ2) is 4.13. The van der Waals surface area contributed by atoms with Gasteiger partial charge in [-0.1, -0.05) is 18.2 Å². The maximum atomic E-state index is 10.4. The molecule has 3 nitrogen and oxygen atoms in total. The fraction of sp³-hybridized carbons (Fsp3) is 0.125. The normalized spacial score (nSPS) is 14.3. The van der Waals surface area contributed by atoms with Crippen molar-refractivity contribution in [3.05, 3.63) is 30.3 Å². The molecule has 0 aromatic heterocycles. The molecule has 1 atom stereocenters. The van der Waals surface area contributed by atoms with Crippen molar-refractivity contribution in [3.63, 3.8) is 0 Å². The smallest absolute Gasteiger partial charge is 0.0878 e. The lowest BCUT2D eigenvalue weighted by molar-refractivity contribution is 0.549. The molecule has 1 rings (SSSR count). The van der Waals surface area contributed by atoms with Gasteiger partial charge in [-0.25, -0.2) is 4.99 Å². The first-order valence-corrected chi connectivity index (χ1v) is 4.47. The molecule has 0 fully saturated rings. The fourth-order valence-electron chi connectivity index (χ4n) is 0.722. The van der Waals surface area contributed by atoms with Crippen LogP contribution in [0, 0.1) is 0 Å². The molecule has 0 spiro atoms. The lowest BCUT2D eigenvalue weighted by atomic mass is 10.3. The Morgan fingerprint density at radius 1 is 1.42 bits per heavy atom. The number of nitrogens with zero attached hydrogens (tertiary/aromatic N) is 1. The van der Waals surface area contributed by atoms with E-state index < -0.39 is 11.1 Å². The van der Waals surface area contributed by atoms with E-state index in [4.69, 9.17) is 0 Å². The van der Waals surface area contributed by atoms with Crippen LogP contribution in [0.15, 0.2) is 35.3 Å². The minimum Gasteiger partial charge on any atom is -0.767 e. The molecule has 12 heavy (non-hydrogen) atoms. The molecule has 0 heterocycles. The van der Waals surface area contributed by atoms with E-state index in [9.17, 15) is 8.76 Å². The van der Waals surface area contributed by atoms with Crippen molar-refractivity contribution in [1.82, 2.24) is 0 Å². The largest absolute Gasteiger partial charge is 0.767 e. The molecule has 1 unspecified atom stereocenters. The summed E-state index contributed by atoms with van der Waals surface area (Å²) in [5.41, 5.74) is 0.652. The van der Waals surface area contributed by atoms with Gasteiger partial charge in [0.2, 0.25) is 0 Å². The predicted octanol–water partition coefficient (Wildman–Crippen LogP) is 1.62. The van der Waals surface area contributed by atoms with Crippen LogP contribution in [-0.4, -0.2) is 13.8 Å². The third-order valence-electron chi connectivity index (χ3n) is 1.28. The predicted molar refractivity (Wildman–Crippen MR) is 48.1 cm³/mol. The molecule has 0 bridgehead atoms. The SMILES string of the molecule is CC(=Nc1ccccc1)S(=O)[O-]. The Morgan fingerprint density at radius 2 is 2.00 bits per heavy atom. The van der Waals surface area contributed by atoms with Gasteiger partial charge in [0.25, 0.3) is 0 Å². The minimum atomic E-state index is -2.21. The number of aliphatic imine (C=N–C) groups is 1. The van der Waals surface area contributed by atoms with E-state index in [0.29, 0.717) is 5.69 Å². The molecule has 0 N–H and O–H groups in total. The average Bonchev–Trinajstić information content (AvgIpc) is 2.06. The van der Waals surface area contributed by atoms with Gasteiger partial charge in [0, 0.05) is 0 Å². The molecule has 0 radical (unpaired) electrons. The number of rotatable bonds is 1. The van der Waals surface area contributed by atoms with Gasteiger partial charge in [-0.15, -0.1) is 0 Å². The number of para-hydroxylation sites is 1. The van der Waals surface area contributed by atoms with Crippen LogP contribution in [-0.2, 0) is 11.1 Å². The van der Waals surface area contributed by atoms with Crippen LogP contribution in [0.3, 0.4) is 0 Å². The first kappa shape index (κ1) is 9.09. The second-order valence-corrected chi connectivity index (χ2v) is 3.26. The van der Waals surface area contributed by atoms with E-state index in [1.54, 1.807) is 24.3 Å². The zero-order chi connectivity index (χ0) is 8.97. The first-order valence-electron chi connectivity index (χ1n) is 3.40. The topological polar surface area (TPSA) is 52.5 Å². The van der Waals surface area contributed by atoms with Crippen LogP contribution in [0.1, 0.15) is 6.92 Å². The molecule has 1 aromatic carbocycles. The Kier molecular flexibility index (Phi) is 3.13. The average molecular weight is 182 g/mol. The molecule has 0 saturated heterocycles. The van der Waals surface area contributed by atoms with Crippen molar-refractivity contribution < 1.29 is 8.76 Å². The van der Waals surface area contributed by atoms with E-state index in [-0.39, 0.29) is 5.04 Å². The molecular weight excluding hydrogens is 174 g/mol. The molecule has 0 aliphatic carbocycles. The molecular formula is C8H8NO2S-. The van der Waals surface area contributed by atoms with Crippen molar-refractivity contribution in [3.8, 4) is 0 Å². The molecule has 0 saturated carbocycles. The molecule has 1 aromatic rings. The number of hydrogen-bond acceptors (Lipinski definition) is 3. The van der Waals surface area contributed by atoms with Gasteiger partial charge < -0.3 is 4.55 Å². The van der Waals surface area contributed by atoms with Crippen LogP contribution in [0.2, 0.25) is 0 Å². The second-order valence-electron chi connectivity index (χ2n) is 2.20. The van der Waals surface area contributed by atoms with Gasteiger partial charge in [0.1, 0.15) is 0 Å². The number of hydrogen-bond donors (Lipinski definition) is 0. The number of benzene rings is 1. The maximum absolute atomic E-state index is 10.4. The van der Waals surface area contributed by atoms with Crippen molar-refractivity contribution in [2.24, 2.45) is 4.99 Å². The molecule has 4 heteroatoms. The van der Waals surface area contributed by atoms with E-state index in [2.05, 4.69) is 4.99 Å². The summed E-state index contributed by atoms with van der Waals surface area (Å²) in [5, 5.41) is 0.0983. The summed E-state index contributed by atoms with van der Waals surface area (Å²) in [6.07, 6.45) is 0. The van der Waals surface area contributed by atoms with Crippen LogP contribution in [0.25, 0.3) is 0 Å². The highest BCUT2D eigenvalue weighted by atomic mass is 32.2. The highest BCUT2D eigenvalue weighted by Crippen LogP contribution is 2.10. The van der Waals surface area contributed by atoms with E-state index in [0.717, 1.165) is 0 Å². The highest BCUT2D eigenvalue weighted by molar-refractivity contribution is 7.95. The van der Waals surface area contributed by atoms with E-state index >= 15 is 0 Å². The van der Waals surface area contributed by atoms with Crippen LogP contribution in [0.4, 0.5) is 5.69 Å². The Labute approximate surface area is 73.4 Å². The van der Waals surface area contributed by atoms with Crippen molar-refractivity contribution in [1.29, 1.82) is 0 Å². The Morgan fingerprint density at radius 3 is 2.50 bits per heavy atom. The fourth-order valence-corrected chi connectivity index (χ4v) is 0.902. The minimum absolute atomic E-state index is 0.0983. The van der Waals surface area contributed by atoms with Crippen molar-refractivity contribution in [2.45, 2.75) is 6.92 Å². The quantitative estimate of drug-likeness (QED) is 0.376. The Bertz CT molecular complexity index is 308. The summed E-state index contributed by atoms with van der Waals surface area (Å²) in [7, 11) is 0. The first-order chi connectivity index (χ1) is 5.70. The van der Waals surface area contributed by atoms with Crippen LogP contribution in [0.5, 0.6) is 0 Å². The van der Waals surface area contributed by atoms with E-state index in [1.807, 2.05) is 6.07 Å². The lowest BCUT2D eigenvalue weighted by Gasteiger charge is -2.02. The van der Waals surface area contributed by atoms with Crippen molar-refractivity contribution in [2.75, 3.05) is 0 Å². The van der Waals surface area contributed by atoms with Gasteiger partial charge in [-0.3, -0.25) is 4.21 Å². The summed E-state index contributed by atoms with van der Waals surface area (Å²) in [5.74, 6) is 0. The molecule has 0 aliphatic heterocycles. The molecule has 64 valence electrons. The summed E-state index contributed by atoms with van der Waals surface area (Å²) >= 11 is -2.21. The van der Waals surface area contributed by atoms with Crippen LogP contribution < -0.4 is 0 Å². The molecule has 0 amide bonds. The Hall–Kier alpha value is -1.00. The summed E-state index contributed by atoms with van der Waals surface area (Å²) in [4.78, 5) is 3.86. The van der Waals surface area contributed by atoms with Gasteiger partial charge in [0.15, 0.2) is 0 Å². The Balaban J connectivity index is 2.89. The van der Waals surface area contributed by atoms with Gasteiger partial charge in [0.05, 0.1) is 10.7 Å². The third kappa shape index (κ3) is 2.56. The monoisotopic (exact) mass is 182 g/mol. The third-order valence-corrected chi connectivity index (χ3v) is 1.86. The van der Waals surface area contributed by atoms with Gasteiger partial charge >= 0.3 is 0 Å².